The normalized spacial score (nSPS) is 12.6. The summed E-state index contributed by atoms with van der Waals surface area (Å²) in [5.41, 5.74) is 1.24. The van der Waals surface area contributed by atoms with E-state index in [9.17, 15) is 9.59 Å². The first-order valence-electron chi connectivity index (χ1n) is 6.99. The Hall–Kier alpha value is -2.04. The van der Waals surface area contributed by atoms with E-state index >= 15 is 0 Å². The molecule has 0 radical (unpaired) electrons. The zero-order chi connectivity index (χ0) is 16.0. The third-order valence-electron chi connectivity index (χ3n) is 3.13. The van der Waals surface area contributed by atoms with E-state index in [1.54, 1.807) is 6.92 Å². The molecule has 0 aromatic heterocycles. The van der Waals surface area contributed by atoms with Crippen LogP contribution in [0.25, 0.3) is 0 Å². The minimum Gasteiger partial charge on any atom is -0.484 e. The van der Waals surface area contributed by atoms with Crippen LogP contribution in [0.15, 0.2) is 24.3 Å². The summed E-state index contributed by atoms with van der Waals surface area (Å²) in [6.45, 7) is 7.86. The summed E-state index contributed by atoms with van der Waals surface area (Å²) in [5, 5.41) is 11.3. The van der Waals surface area contributed by atoms with E-state index in [1.807, 2.05) is 24.3 Å². The number of carboxylic acids is 1. The van der Waals surface area contributed by atoms with Gasteiger partial charge in [-0.3, -0.25) is 4.79 Å². The number of carbonyl (C=O) groups excluding carboxylic acids is 1. The SMILES string of the molecule is CCC(NC(=O)COc1ccc(C(C)(C)C)cc1)C(=O)O. The average Bonchev–Trinajstić information content (AvgIpc) is 2.41. The van der Waals surface area contributed by atoms with E-state index in [1.165, 1.54) is 5.56 Å². The molecule has 1 amide bonds. The lowest BCUT2D eigenvalue weighted by atomic mass is 9.87. The predicted molar refractivity (Wildman–Crippen MR) is 80.5 cm³/mol. The smallest absolute Gasteiger partial charge is 0.326 e. The maximum atomic E-state index is 11.6. The molecule has 0 saturated carbocycles. The Morgan fingerprint density at radius 2 is 1.81 bits per heavy atom. The highest BCUT2D eigenvalue weighted by Gasteiger charge is 2.18. The van der Waals surface area contributed by atoms with Crippen molar-refractivity contribution >= 4 is 11.9 Å². The molecule has 0 fully saturated rings. The largest absolute Gasteiger partial charge is 0.484 e. The van der Waals surface area contributed by atoms with Crippen LogP contribution in [0, 0.1) is 0 Å². The van der Waals surface area contributed by atoms with Gasteiger partial charge in [-0.1, -0.05) is 39.8 Å². The summed E-state index contributed by atoms with van der Waals surface area (Å²) in [6.07, 6.45) is 0.335. The molecular formula is C16H23NO4. The minimum absolute atomic E-state index is 0.0612. The molecule has 0 aliphatic rings. The number of carbonyl (C=O) groups is 2. The fourth-order valence-corrected chi connectivity index (χ4v) is 1.77. The number of ether oxygens (including phenoxy) is 1. The second-order valence-electron chi connectivity index (χ2n) is 5.93. The highest BCUT2D eigenvalue weighted by molar-refractivity contribution is 5.84. The molecule has 1 aromatic carbocycles. The van der Waals surface area contributed by atoms with Crippen molar-refractivity contribution in [1.82, 2.24) is 5.32 Å². The van der Waals surface area contributed by atoms with E-state index < -0.39 is 17.9 Å². The van der Waals surface area contributed by atoms with Crippen LogP contribution in [-0.2, 0) is 15.0 Å². The van der Waals surface area contributed by atoms with Crippen molar-refractivity contribution in [3.8, 4) is 5.75 Å². The van der Waals surface area contributed by atoms with E-state index in [-0.39, 0.29) is 12.0 Å². The molecule has 0 aliphatic carbocycles. The molecule has 0 saturated heterocycles. The third kappa shape index (κ3) is 5.45. The lowest BCUT2D eigenvalue weighted by Crippen LogP contribution is -2.42. The highest BCUT2D eigenvalue weighted by atomic mass is 16.5. The van der Waals surface area contributed by atoms with Crippen LogP contribution in [-0.4, -0.2) is 29.6 Å². The molecule has 5 nitrogen and oxygen atoms in total. The molecule has 0 heterocycles. The Bertz CT molecular complexity index is 488. The molecule has 1 unspecified atom stereocenters. The predicted octanol–water partition coefficient (Wildman–Crippen LogP) is 2.34. The Labute approximate surface area is 125 Å². The molecule has 2 N–H and O–H groups in total. The maximum absolute atomic E-state index is 11.6. The van der Waals surface area contributed by atoms with Crippen LogP contribution < -0.4 is 10.1 Å². The van der Waals surface area contributed by atoms with Gasteiger partial charge in [-0.25, -0.2) is 4.79 Å². The number of aliphatic carboxylic acids is 1. The van der Waals surface area contributed by atoms with Crippen LogP contribution in [0.2, 0.25) is 0 Å². The first-order valence-corrected chi connectivity index (χ1v) is 6.99. The molecule has 0 aliphatic heterocycles. The van der Waals surface area contributed by atoms with Crippen molar-refractivity contribution in [2.75, 3.05) is 6.61 Å². The van der Waals surface area contributed by atoms with Crippen LogP contribution in [0.4, 0.5) is 0 Å². The third-order valence-corrected chi connectivity index (χ3v) is 3.13. The van der Waals surface area contributed by atoms with Crippen molar-refractivity contribution in [2.45, 2.75) is 45.6 Å². The first-order chi connectivity index (χ1) is 9.74. The van der Waals surface area contributed by atoms with Crippen LogP contribution in [0.5, 0.6) is 5.75 Å². The monoisotopic (exact) mass is 293 g/mol. The topological polar surface area (TPSA) is 75.6 Å². The van der Waals surface area contributed by atoms with E-state index in [0.29, 0.717) is 12.2 Å². The number of hydrogen-bond acceptors (Lipinski definition) is 3. The van der Waals surface area contributed by atoms with Crippen molar-refractivity contribution in [2.24, 2.45) is 0 Å². The van der Waals surface area contributed by atoms with Gasteiger partial charge in [0.2, 0.25) is 0 Å². The molecular weight excluding hydrogens is 270 g/mol. The molecule has 5 heteroatoms. The van der Waals surface area contributed by atoms with Crippen molar-refractivity contribution in [3.05, 3.63) is 29.8 Å². The van der Waals surface area contributed by atoms with E-state index in [4.69, 9.17) is 9.84 Å². The van der Waals surface area contributed by atoms with Crippen molar-refractivity contribution in [1.29, 1.82) is 0 Å². The quantitative estimate of drug-likeness (QED) is 0.844. The Morgan fingerprint density at radius 3 is 2.24 bits per heavy atom. The van der Waals surface area contributed by atoms with Gasteiger partial charge in [0.15, 0.2) is 6.61 Å². The molecule has 1 rings (SSSR count). The average molecular weight is 293 g/mol. The summed E-state index contributed by atoms with van der Waals surface area (Å²) in [6, 6.07) is 6.66. The molecule has 0 bridgehead atoms. The fraction of sp³-hybridized carbons (Fsp3) is 0.500. The lowest BCUT2D eigenvalue weighted by Gasteiger charge is -2.19. The summed E-state index contributed by atoms with van der Waals surface area (Å²) < 4.78 is 5.36. The van der Waals surface area contributed by atoms with Crippen LogP contribution in [0.3, 0.4) is 0 Å². The van der Waals surface area contributed by atoms with Crippen molar-refractivity contribution in [3.63, 3.8) is 0 Å². The number of benzene rings is 1. The second-order valence-corrected chi connectivity index (χ2v) is 5.93. The molecule has 1 aromatic rings. The van der Waals surface area contributed by atoms with Gasteiger partial charge in [-0.15, -0.1) is 0 Å². The van der Waals surface area contributed by atoms with Crippen LogP contribution in [0.1, 0.15) is 39.7 Å². The van der Waals surface area contributed by atoms with Gasteiger partial charge < -0.3 is 15.2 Å². The van der Waals surface area contributed by atoms with Gasteiger partial charge >= 0.3 is 5.97 Å². The van der Waals surface area contributed by atoms with E-state index in [0.717, 1.165) is 0 Å². The Morgan fingerprint density at radius 1 is 1.24 bits per heavy atom. The summed E-state index contributed by atoms with van der Waals surface area (Å²) in [5.74, 6) is -0.897. The first kappa shape index (κ1) is 17.0. The van der Waals surface area contributed by atoms with Gasteiger partial charge in [0, 0.05) is 0 Å². The Kier molecular flexibility index (Phi) is 5.76. The minimum atomic E-state index is -1.04. The van der Waals surface area contributed by atoms with Gasteiger partial charge in [0.1, 0.15) is 11.8 Å². The van der Waals surface area contributed by atoms with Gasteiger partial charge in [-0.05, 0) is 29.5 Å². The maximum Gasteiger partial charge on any atom is 0.326 e. The number of nitrogens with one attached hydrogen (secondary N) is 1. The number of hydrogen-bond donors (Lipinski definition) is 2. The summed E-state index contributed by atoms with van der Waals surface area (Å²) >= 11 is 0. The zero-order valence-electron chi connectivity index (χ0n) is 13.0. The van der Waals surface area contributed by atoms with Gasteiger partial charge in [0.25, 0.3) is 5.91 Å². The van der Waals surface area contributed by atoms with Crippen LogP contribution >= 0.6 is 0 Å². The second kappa shape index (κ2) is 7.11. The summed E-state index contributed by atoms with van der Waals surface area (Å²) in [4.78, 5) is 22.4. The highest BCUT2D eigenvalue weighted by Crippen LogP contribution is 2.24. The zero-order valence-corrected chi connectivity index (χ0v) is 13.0. The van der Waals surface area contributed by atoms with Gasteiger partial charge in [0.05, 0.1) is 0 Å². The standard InChI is InChI=1S/C16H23NO4/c1-5-13(15(19)20)17-14(18)10-21-12-8-6-11(7-9-12)16(2,3)4/h6-9,13H,5,10H2,1-4H3,(H,17,18)(H,19,20). The number of carboxylic acid groups (broad SMARTS) is 1. The van der Waals surface area contributed by atoms with Crippen molar-refractivity contribution < 1.29 is 19.4 Å². The molecule has 21 heavy (non-hydrogen) atoms. The molecule has 116 valence electrons. The van der Waals surface area contributed by atoms with E-state index in [2.05, 4.69) is 26.1 Å². The molecule has 0 spiro atoms. The van der Waals surface area contributed by atoms with Gasteiger partial charge in [-0.2, -0.15) is 0 Å². The Balaban J connectivity index is 2.52. The number of rotatable bonds is 6. The molecule has 1 atom stereocenters. The number of amides is 1. The lowest BCUT2D eigenvalue weighted by molar-refractivity contribution is -0.142. The summed E-state index contributed by atoms with van der Waals surface area (Å²) in [7, 11) is 0. The fourth-order valence-electron chi connectivity index (χ4n) is 1.77.